The van der Waals surface area contributed by atoms with E-state index in [-0.39, 0.29) is 6.10 Å². The van der Waals surface area contributed by atoms with E-state index >= 15 is 0 Å². The number of nitrogens with zero attached hydrogens (tertiary/aromatic N) is 1. The second-order valence-corrected chi connectivity index (χ2v) is 6.41. The Balaban J connectivity index is 1.63. The predicted molar refractivity (Wildman–Crippen MR) is 91.1 cm³/mol. The van der Waals surface area contributed by atoms with Gasteiger partial charge in [-0.15, -0.1) is 0 Å². The molecule has 0 spiro atoms. The second kappa shape index (κ2) is 7.27. The fraction of sp³-hybridized carbons (Fsp3) is 0.333. The van der Waals surface area contributed by atoms with Gasteiger partial charge in [0.1, 0.15) is 5.75 Å². The van der Waals surface area contributed by atoms with E-state index in [2.05, 4.69) is 57.2 Å². The van der Waals surface area contributed by atoms with Gasteiger partial charge in [0.2, 0.25) is 0 Å². The third-order valence-electron chi connectivity index (χ3n) is 3.96. The van der Waals surface area contributed by atoms with E-state index in [9.17, 15) is 0 Å². The van der Waals surface area contributed by atoms with Gasteiger partial charge in [0.25, 0.3) is 0 Å². The van der Waals surface area contributed by atoms with Crippen LogP contribution in [0, 0.1) is 0 Å². The van der Waals surface area contributed by atoms with Gasteiger partial charge in [-0.1, -0.05) is 40.2 Å². The van der Waals surface area contributed by atoms with E-state index in [0.29, 0.717) is 0 Å². The zero-order valence-electron chi connectivity index (χ0n) is 12.7. The number of rotatable bonds is 4. The van der Waals surface area contributed by atoms with Gasteiger partial charge in [-0.25, -0.2) is 0 Å². The molecule has 1 atom stereocenters. The highest BCUT2D eigenvalue weighted by Crippen LogP contribution is 2.25. The topological polar surface area (TPSA) is 21.7 Å². The number of methoxy groups -OCH3 is 1. The fourth-order valence-electron chi connectivity index (χ4n) is 2.71. The van der Waals surface area contributed by atoms with E-state index in [0.717, 1.165) is 36.5 Å². The van der Waals surface area contributed by atoms with Gasteiger partial charge >= 0.3 is 0 Å². The van der Waals surface area contributed by atoms with Gasteiger partial charge < -0.3 is 9.47 Å². The SMILES string of the molecule is COc1ccc(CN2CCO[C@H](c3ccc(Br)cc3)C2)cc1. The Bertz CT molecular complexity index is 597. The normalized spacial score (nSPS) is 19.1. The summed E-state index contributed by atoms with van der Waals surface area (Å²) in [5, 5.41) is 0. The van der Waals surface area contributed by atoms with Gasteiger partial charge in [-0.3, -0.25) is 4.90 Å². The lowest BCUT2D eigenvalue weighted by atomic mass is 10.1. The minimum absolute atomic E-state index is 0.153. The van der Waals surface area contributed by atoms with Gasteiger partial charge in [-0.05, 0) is 35.4 Å². The van der Waals surface area contributed by atoms with Crippen molar-refractivity contribution in [2.45, 2.75) is 12.6 Å². The molecule has 0 aliphatic carbocycles. The van der Waals surface area contributed by atoms with Crippen LogP contribution < -0.4 is 4.74 Å². The van der Waals surface area contributed by atoms with Crippen LogP contribution in [-0.4, -0.2) is 31.7 Å². The molecule has 0 aromatic heterocycles. The molecule has 0 bridgehead atoms. The molecule has 2 aromatic carbocycles. The number of hydrogen-bond acceptors (Lipinski definition) is 3. The maximum atomic E-state index is 5.93. The molecule has 1 aliphatic heterocycles. The number of hydrogen-bond donors (Lipinski definition) is 0. The van der Waals surface area contributed by atoms with Crippen molar-refractivity contribution >= 4 is 15.9 Å². The molecule has 0 unspecified atom stereocenters. The smallest absolute Gasteiger partial charge is 0.118 e. The van der Waals surface area contributed by atoms with Crippen LogP contribution in [0.1, 0.15) is 17.2 Å². The first-order valence-electron chi connectivity index (χ1n) is 7.47. The molecule has 0 saturated carbocycles. The summed E-state index contributed by atoms with van der Waals surface area (Å²) < 4.78 is 12.2. The minimum atomic E-state index is 0.153. The summed E-state index contributed by atoms with van der Waals surface area (Å²) >= 11 is 3.48. The molecule has 3 rings (SSSR count). The molecule has 4 heteroatoms. The highest BCUT2D eigenvalue weighted by molar-refractivity contribution is 9.10. The van der Waals surface area contributed by atoms with Crippen LogP contribution >= 0.6 is 15.9 Å². The zero-order chi connectivity index (χ0) is 15.4. The molecule has 0 amide bonds. The summed E-state index contributed by atoms with van der Waals surface area (Å²) in [6, 6.07) is 16.7. The molecule has 1 aliphatic rings. The number of morpholine rings is 1. The van der Waals surface area contributed by atoms with E-state index in [4.69, 9.17) is 9.47 Å². The van der Waals surface area contributed by atoms with E-state index in [1.165, 1.54) is 11.1 Å². The second-order valence-electron chi connectivity index (χ2n) is 5.49. The molecule has 22 heavy (non-hydrogen) atoms. The Kier molecular flexibility index (Phi) is 5.13. The van der Waals surface area contributed by atoms with Gasteiger partial charge in [-0.2, -0.15) is 0 Å². The lowest BCUT2D eigenvalue weighted by Crippen LogP contribution is -2.37. The summed E-state index contributed by atoms with van der Waals surface area (Å²) in [4.78, 5) is 2.44. The van der Waals surface area contributed by atoms with Crippen molar-refractivity contribution in [3.05, 3.63) is 64.1 Å². The monoisotopic (exact) mass is 361 g/mol. The van der Waals surface area contributed by atoms with Crippen LogP contribution in [-0.2, 0) is 11.3 Å². The minimum Gasteiger partial charge on any atom is -0.497 e. The molecule has 1 heterocycles. The molecule has 2 aromatic rings. The summed E-state index contributed by atoms with van der Waals surface area (Å²) in [5.41, 5.74) is 2.54. The number of ether oxygens (including phenoxy) is 2. The van der Waals surface area contributed by atoms with Crippen molar-refractivity contribution in [2.24, 2.45) is 0 Å². The van der Waals surface area contributed by atoms with E-state index < -0.39 is 0 Å². The molecule has 1 fully saturated rings. The Hall–Kier alpha value is -1.36. The van der Waals surface area contributed by atoms with Crippen LogP contribution in [0.3, 0.4) is 0 Å². The van der Waals surface area contributed by atoms with Crippen LogP contribution in [0.15, 0.2) is 53.0 Å². The Morgan fingerprint density at radius 1 is 1.14 bits per heavy atom. The first-order chi connectivity index (χ1) is 10.7. The lowest BCUT2D eigenvalue weighted by Gasteiger charge is -2.33. The lowest BCUT2D eigenvalue weighted by molar-refractivity contribution is -0.0329. The molecule has 0 N–H and O–H groups in total. The third kappa shape index (κ3) is 3.88. The number of benzene rings is 2. The predicted octanol–water partition coefficient (Wildman–Crippen LogP) is 4.03. The van der Waals surface area contributed by atoms with Crippen molar-refractivity contribution in [1.82, 2.24) is 4.90 Å². The summed E-state index contributed by atoms with van der Waals surface area (Å²) in [5.74, 6) is 0.901. The van der Waals surface area contributed by atoms with Gasteiger partial charge in [0, 0.05) is 24.1 Å². The van der Waals surface area contributed by atoms with E-state index in [1.54, 1.807) is 7.11 Å². The van der Waals surface area contributed by atoms with Gasteiger partial charge in [0.15, 0.2) is 0 Å². The molecule has 1 saturated heterocycles. The fourth-order valence-corrected chi connectivity index (χ4v) is 2.98. The molecular weight excluding hydrogens is 342 g/mol. The average molecular weight is 362 g/mol. The van der Waals surface area contributed by atoms with Crippen molar-refractivity contribution in [2.75, 3.05) is 26.8 Å². The van der Waals surface area contributed by atoms with Crippen molar-refractivity contribution in [1.29, 1.82) is 0 Å². The van der Waals surface area contributed by atoms with Crippen molar-refractivity contribution in [3.8, 4) is 5.75 Å². The standard InChI is InChI=1S/C18H20BrNO2/c1-21-17-8-2-14(3-9-17)12-20-10-11-22-18(13-20)15-4-6-16(19)7-5-15/h2-9,18H,10-13H2,1H3/t18-/m0/s1. The maximum Gasteiger partial charge on any atom is 0.118 e. The van der Waals surface area contributed by atoms with Crippen molar-refractivity contribution < 1.29 is 9.47 Å². The highest BCUT2D eigenvalue weighted by Gasteiger charge is 2.21. The summed E-state index contributed by atoms with van der Waals surface area (Å²) in [6.45, 7) is 3.62. The third-order valence-corrected chi connectivity index (χ3v) is 4.49. The largest absolute Gasteiger partial charge is 0.497 e. The highest BCUT2D eigenvalue weighted by atomic mass is 79.9. The van der Waals surface area contributed by atoms with Crippen molar-refractivity contribution in [3.63, 3.8) is 0 Å². The Morgan fingerprint density at radius 2 is 1.86 bits per heavy atom. The summed E-state index contributed by atoms with van der Waals surface area (Å²) in [6.07, 6.45) is 0.153. The molecule has 3 nitrogen and oxygen atoms in total. The molecule has 0 radical (unpaired) electrons. The average Bonchev–Trinajstić information content (AvgIpc) is 2.56. The van der Waals surface area contributed by atoms with Gasteiger partial charge in [0.05, 0.1) is 19.8 Å². The number of halogens is 1. The maximum absolute atomic E-state index is 5.93. The van der Waals surface area contributed by atoms with Crippen LogP contribution in [0.4, 0.5) is 0 Å². The molecule has 116 valence electrons. The molecular formula is C18H20BrNO2. The first-order valence-corrected chi connectivity index (χ1v) is 8.26. The quantitative estimate of drug-likeness (QED) is 0.820. The van der Waals surface area contributed by atoms with Crippen LogP contribution in [0.2, 0.25) is 0 Å². The van der Waals surface area contributed by atoms with Crippen LogP contribution in [0.5, 0.6) is 5.75 Å². The Morgan fingerprint density at radius 3 is 2.55 bits per heavy atom. The van der Waals surface area contributed by atoms with E-state index in [1.807, 2.05) is 12.1 Å². The first kappa shape index (κ1) is 15.5. The van der Waals surface area contributed by atoms with Crippen LogP contribution in [0.25, 0.3) is 0 Å². The Labute approximate surface area is 140 Å². The zero-order valence-corrected chi connectivity index (χ0v) is 14.3. The summed E-state index contributed by atoms with van der Waals surface area (Å²) in [7, 11) is 1.69.